The van der Waals surface area contributed by atoms with Gasteiger partial charge < -0.3 is 30.6 Å². The summed E-state index contributed by atoms with van der Waals surface area (Å²) in [5.74, 6) is -0.410. The predicted octanol–water partition coefficient (Wildman–Crippen LogP) is 2.45. The van der Waals surface area contributed by atoms with E-state index >= 15 is 0 Å². The fourth-order valence-corrected chi connectivity index (χ4v) is 4.72. The monoisotopic (exact) mass is 514 g/mol. The highest BCUT2D eigenvalue weighted by atomic mass is 16.3. The van der Waals surface area contributed by atoms with E-state index in [1.54, 1.807) is 41.6 Å². The Bertz CT molecular complexity index is 1340. The Kier molecular flexibility index (Phi) is 7.23. The molecule has 0 spiro atoms. The number of hydrogen-bond donors (Lipinski definition) is 4. The molecule has 1 amide bonds. The zero-order valence-electron chi connectivity index (χ0n) is 21.0. The summed E-state index contributed by atoms with van der Waals surface area (Å²) in [7, 11) is 0. The number of hydrogen-bond acceptors (Lipinski definition) is 9. The van der Waals surface area contributed by atoms with E-state index in [9.17, 15) is 19.8 Å². The Morgan fingerprint density at radius 2 is 1.74 bits per heavy atom. The quantitative estimate of drug-likeness (QED) is 0.335. The van der Waals surface area contributed by atoms with Gasteiger partial charge in [-0.1, -0.05) is 43.3 Å². The third-order valence-electron chi connectivity index (χ3n) is 6.91. The van der Waals surface area contributed by atoms with Crippen LogP contribution < -0.4 is 15.5 Å². The number of anilines is 2. The Morgan fingerprint density at radius 3 is 2.42 bits per heavy atom. The molecule has 2 heterocycles. The molecule has 0 bridgehead atoms. The maximum Gasteiger partial charge on any atom is 0.257 e. The van der Waals surface area contributed by atoms with E-state index in [1.165, 1.54) is 0 Å². The minimum absolute atomic E-state index is 0.104. The highest BCUT2D eigenvalue weighted by molar-refractivity contribution is 6.11. The zero-order valence-corrected chi connectivity index (χ0v) is 21.0. The van der Waals surface area contributed by atoms with Crippen LogP contribution in [0.3, 0.4) is 0 Å². The molecule has 0 saturated carbocycles. The number of carbonyl (C=O) groups is 2. The van der Waals surface area contributed by atoms with E-state index < -0.39 is 11.9 Å². The van der Waals surface area contributed by atoms with Gasteiger partial charge in [-0.15, -0.1) is 0 Å². The SMILES string of the molecule is CC[C@@H](NC1=C(Nc2cccc(C(=O)N3CCN(c4ncccn4)CC3)c2O)C(=O)C1O)c1ccccc1. The van der Waals surface area contributed by atoms with Crippen molar-refractivity contribution in [1.82, 2.24) is 20.2 Å². The van der Waals surface area contributed by atoms with Crippen LogP contribution in [0.25, 0.3) is 0 Å². The van der Waals surface area contributed by atoms with Gasteiger partial charge in [0.1, 0.15) is 5.70 Å². The van der Waals surface area contributed by atoms with Crippen LogP contribution in [0.1, 0.15) is 35.3 Å². The van der Waals surface area contributed by atoms with Gasteiger partial charge in [-0.3, -0.25) is 9.59 Å². The number of nitrogens with one attached hydrogen (secondary N) is 2. The lowest BCUT2D eigenvalue weighted by atomic mass is 9.92. The fraction of sp³-hybridized carbons (Fsp3) is 0.286. The minimum Gasteiger partial charge on any atom is -0.505 e. The molecular weight excluding hydrogens is 484 g/mol. The summed E-state index contributed by atoms with van der Waals surface area (Å²) in [6, 6.07) is 16.2. The summed E-state index contributed by atoms with van der Waals surface area (Å²) in [4.78, 5) is 38.0. The molecule has 2 aromatic carbocycles. The number of aromatic hydroxyl groups is 1. The van der Waals surface area contributed by atoms with Crippen molar-refractivity contribution < 1.29 is 19.8 Å². The zero-order chi connectivity index (χ0) is 26.6. The molecule has 1 fully saturated rings. The lowest BCUT2D eigenvalue weighted by Crippen LogP contribution is -2.49. The molecule has 1 aliphatic carbocycles. The normalized spacial score (nSPS) is 18.2. The third kappa shape index (κ3) is 4.90. The molecule has 5 rings (SSSR count). The van der Waals surface area contributed by atoms with Crippen LogP contribution in [-0.4, -0.2) is 69.1 Å². The van der Waals surface area contributed by atoms with Crippen molar-refractivity contribution in [3.8, 4) is 5.75 Å². The second kappa shape index (κ2) is 10.9. The molecule has 1 unspecified atom stereocenters. The number of amides is 1. The van der Waals surface area contributed by atoms with Crippen molar-refractivity contribution in [2.45, 2.75) is 25.5 Å². The Hall–Kier alpha value is -4.44. The molecular formula is C28H30N6O4. The second-order valence-electron chi connectivity index (χ2n) is 9.23. The van der Waals surface area contributed by atoms with Gasteiger partial charge in [-0.25, -0.2) is 9.97 Å². The Balaban J connectivity index is 1.31. The van der Waals surface area contributed by atoms with E-state index in [0.717, 1.165) is 12.0 Å². The van der Waals surface area contributed by atoms with Crippen LogP contribution in [-0.2, 0) is 4.79 Å². The Morgan fingerprint density at radius 1 is 1.03 bits per heavy atom. The number of aliphatic hydroxyl groups is 1. The van der Waals surface area contributed by atoms with Gasteiger partial charge in [0.05, 0.1) is 23.0 Å². The summed E-state index contributed by atoms with van der Waals surface area (Å²) in [6.45, 7) is 4.07. The minimum atomic E-state index is -1.27. The van der Waals surface area contributed by atoms with Crippen molar-refractivity contribution in [2.24, 2.45) is 0 Å². The van der Waals surface area contributed by atoms with Crippen molar-refractivity contribution in [2.75, 3.05) is 36.4 Å². The highest BCUT2D eigenvalue weighted by Crippen LogP contribution is 2.34. The average molecular weight is 515 g/mol. The second-order valence-corrected chi connectivity index (χ2v) is 9.23. The largest absolute Gasteiger partial charge is 0.505 e. The van der Waals surface area contributed by atoms with E-state index in [2.05, 4.69) is 20.6 Å². The number of rotatable bonds is 8. The first-order valence-electron chi connectivity index (χ1n) is 12.7. The molecule has 1 saturated heterocycles. The number of Topliss-reactive ketones (excluding diaryl/α,β-unsaturated/α-hetero) is 1. The summed E-state index contributed by atoms with van der Waals surface area (Å²) in [6.07, 6.45) is 2.83. The van der Waals surface area contributed by atoms with Crippen molar-refractivity contribution in [3.05, 3.63) is 89.5 Å². The van der Waals surface area contributed by atoms with Crippen LogP contribution in [0.15, 0.2) is 78.4 Å². The maximum atomic E-state index is 13.3. The highest BCUT2D eigenvalue weighted by Gasteiger charge is 2.39. The summed E-state index contributed by atoms with van der Waals surface area (Å²) >= 11 is 0. The molecule has 1 aromatic heterocycles. The van der Waals surface area contributed by atoms with Gasteiger partial charge in [0.2, 0.25) is 11.7 Å². The van der Waals surface area contributed by atoms with Gasteiger partial charge in [0.15, 0.2) is 11.9 Å². The summed E-state index contributed by atoms with van der Waals surface area (Å²) in [5.41, 5.74) is 1.92. The van der Waals surface area contributed by atoms with Crippen molar-refractivity contribution >= 4 is 23.3 Å². The molecule has 0 radical (unpaired) electrons. The van der Waals surface area contributed by atoms with Crippen LogP contribution in [0.2, 0.25) is 0 Å². The molecule has 2 aliphatic rings. The third-order valence-corrected chi connectivity index (χ3v) is 6.91. The Labute approximate surface area is 220 Å². The number of aromatic nitrogens is 2. The molecule has 10 heteroatoms. The number of piperazine rings is 1. The van der Waals surface area contributed by atoms with Crippen LogP contribution in [0, 0.1) is 0 Å². The number of benzene rings is 2. The first-order valence-corrected chi connectivity index (χ1v) is 12.7. The van der Waals surface area contributed by atoms with E-state index in [-0.39, 0.29) is 34.6 Å². The van der Waals surface area contributed by atoms with Gasteiger partial charge in [0, 0.05) is 38.6 Å². The maximum absolute atomic E-state index is 13.3. The number of para-hydroxylation sites is 1. The topological polar surface area (TPSA) is 131 Å². The van der Waals surface area contributed by atoms with Gasteiger partial charge in [-0.2, -0.15) is 0 Å². The van der Waals surface area contributed by atoms with Gasteiger partial charge >= 0.3 is 0 Å². The molecule has 10 nitrogen and oxygen atoms in total. The molecule has 1 aliphatic heterocycles. The molecule has 2 atom stereocenters. The standard InChI is InChI=1S/C28H30N6O4/c1-2-20(18-8-4-3-5-9-18)31-22-23(26(37)25(22)36)32-21-11-6-10-19(24(21)35)27(38)33-14-16-34(17-15-33)28-29-12-7-13-30-28/h3-13,20,25,31-32,35-36H,2,14-17H2,1H3/t20-,25?/m1/s1. The smallest absolute Gasteiger partial charge is 0.257 e. The van der Waals surface area contributed by atoms with Gasteiger partial charge in [0.25, 0.3) is 5.91 Å². The fourth-order valence-electron chi connectivity index (χ4n) is 4.72. The predicted molar refractivity (Wildman–Crippen MR) is 143 cm³/mol. The summed E-state index contributed by atoms with van der Waals surface area (Å²) < 4.78 is 0. The number of nitrogens with zero attached hydrogens (tertiary/aromatic N) is 4. The van der Waals surface area contributed by atoms with Crippen LogP contribution in [0.4, 0.5) is 11.6 Å². The molecule has 38 heavy (non-hydrogen) atoms. The van der Waals surface area contributed by atoms with E-state index in [4.69, 9.17) is 0 Å². The number of phenolic OH excluding ortho intramolecular Hbond substituents is 1. The first kappa shape index (κ1) is 25.2. The first-order chi connectivity index (χ1) is 18.5. The average Bonchev–Trinajstić information content (AvgIpc) is 2.98. The van der Waals surface area contributed by atoms with E-state index in [0.29, 0.717) is 37.8 Å². The van der Waals surface area contributed by atoms with Crippen LogP contribution in [0.5, 0.6) is 5.75 Å². The molecule has 196 valence electrons. The number of carbonyl (C=O) groups excluding carboxylic acids is 2. The number of phenols is 1. The summed E-state index contributed by atoms with van der Waals surface area (Å²) in [5, 5.41) is 27.5. The number of ketones is 1. The lowest BCUT2D eigenvalue weighted by Gasteiger charge is -2.35. The van der Waals surface area contributed by atoms with Gasteiger partial charge in [-0.05, 0) is 30.2 Å². The van der Waals surface area contributed by atoms with E-state index in [1.807, 2.05) is 42.2 Å². The lowest BCUT2D eigenvalue weighted by molar-refractivity contribution is -0.124. The number of aliphatic hydroxyl groups excluding tert-OH is 1. The van der Waals surface area contributed by atoms with Crippen molar-refractivity contribution in [1.29, 1.82) is 0 Å². The molecule has 4 N–H and O–H groups in total. The van der Waals surface area contributed by atoms with Crippen LogP contribution >= 0.6 is 0 Å². The molecule has 3 aromatic rings. The van der Waals surface area contributed by atoms with Crippen molar-refractivity contribution in [3.63, 3.8) is 0 Å².